The number of benzene rings is 1. The zero-order valence-electron chi connectivity index (χ0n) is 9.27. The second-order valence-corrected chi connectivity index (χ2v) is 3.66. The van der Waals surface area contributed by atoms with E-state index in [0.29, 0.717) is 5.75 Å². The molecule has 4 heteroatoms. The van der Waals surface area contributed by atoms with Gasteiger partial charge in [0.25, 0.3) is 0 Å². The van der Waals surface area contributed by atoms with Crippen LogP contribution < -0.4 is 10.5 Å². The van der Waals surface area contributed by atoms with Crippen LogP contribution in [0.15, 0.2) is 30.5 Å². The third-order valence-corrected chi connectivity index (χ3v) is 2.18. The van der Waals surface area contributed by atoms with Crippen LogP contribution in [0.5, 0.6) is 11.5 Å². The first-order valence-corrected chi connectivity index (χ1v) is 4.98. The quantitative estimate of drug-likeness (QED) is 0.782. The van der Waals surface area contributed by atoms with E-state index in [1.54, 1.807) is 6.20 Å². The highest BCUT2D eigenvalue weighted by Gasteiger charge is 2.02. The summed E-state index contributed by atoms with van der Waals surface area (Å²) in [7, 11) is 0. The van der Waals surface area contributed by atoms with Crippen LogP contribution in [0.4, 0.5) is 5.69 Å². The van der Waals surface area contributed by atoms with Crippen molar-refractivity contribution in [2.24, 2.45) is 0 Å². The Balaban J connectivity index is 2.27. The van der Waals surface area contributed by atoms with Gasteiger partial charge in [0.15, 0.2) is 0 Å². The van der Waals surface area contributed by atoms with Gasteiger partial charge in [0.1, 0.15) is 11.5 Å². The predicted octanol–water partition coefficient (Wildman–Crippen LogP) is 2.47. The maximum atomic E-state index is 5.69. The summed E-state index contributed by atoms with van der Waals surface area (Å²) in [5, 5.41) is 7.70. The monoisotopic (exact) mass is 215 g/mol. The fourth-order valence-electron chi connectivity index (χ4n) is 1.42. The number of hydrogen-bond acceptors (Lipinski definition) is 4. The molecule has 0 aliphatic carbocycles. The van der Waals surface area contributed by atoms with Gasteiger partial charge in [-0.05, 0) is 37.6 Å². The van der Waals surface area contributed by atoms with Gasteiger partial charge in [-0.15, -0.1) is 0 Å². The molecule has 1 aromatic heterocycles. The van der Waals surface area contributed by atoms with Gasteiger partial charge in [0, 0.05) is 11.8 Å². The summed E-state index contributed by atoms with van der Waals surface area (Å²) < 4.78 is 5.69. The summed E-state index contributed by atoms with van der Waals surface area (Å²) in [6.07, 6.45) is 1.59. The lowest BCUT2D eigenvalue weighted by Gasteiger charge is -2.08. The smallest absolute Gasteiger partial charge is 0.149 e. The third kappa shape index (κ3) is 2.28. The van der Waals surface area contributed by atoms with Gasteiger partial charge < -0.3 is 10.5 Å². The van der Waals surface area contributed by atoms with Crippen molar-refractivity contribution in [1.82, 2.24) is 10.2 Å². The van der Waals surface area contributed by atoms with Gasteiger partial charge in [-0.3, -0.25) is 0 Å². The minimum atomic E-state index is 0.681. The fourth-order valence-corrected chi connectivity index (χ4v) is 1.42. The molecule has 0 saturated carbocycles. The van der Waals surface area contributed by atoms with E-state index in [2.05, 4.69) is 10.2 Å². The van der Waals surface area contributed by atoms with Crippen LogP contribution in [-0.4, -0.2) is 10.2 Å². The summed E-state index contributed by atoms with van der Waals surface area (Å²) in [5.41, 5.74) is 8.22. The Kier molecular flexibility index (Phi) is 2.72. The Morgan fingerprint density at radius 3 is 2.69 bits per heavy atom. The second kappa shape index (κ2) is 4.18. The molecule has 4 nitrogen and oxygen atoms in total. The van der Waals surface area contributed by atoms with Crippen molar-refractivity contribution in [3.63, 3.8) is 0 Å². The molecule has 0 spiro atoms. The Morgan fingerprint density at radius 1 is 1.19 bits per heavy atom. The normalized spacial score (nSPS) is 10.1. The lowest BCUT2D eigenvalue weighted by Crippen LogP contribution is -1.93. The molecular weight excluding hydrogens is 202 g/mol. The van der Waals surface area contributed by atoms with Gasteiger partial charge in [0.2, 0.25) is 0 Å². The lowest BCUT2D eigenvalue weighted by molar-refractivity contribution is 0.474. The van der Waals surface area contributed by atoms with Crippen LogP contribution in [0.25, 0.3) is 0 Å². The van der Waals surface area contributed by atoms with Crippen molar-refractivity contribution in [1.29, 1.82) is 0 Å². The summed E-state index contributed by atoms with van der Waals surface area (Å²) in [5.74, 6) is 1.46. The first-order chi connectivity index (χ1) is 7.65. The Morgan fingerprint density at radius 2 is 2.00 bits per heavy atom. The maximum absolute atomic E-state index is 5.69. The highest BCUT2D eigenvalue weighted by Crippen LogP contribution is 2.25. The Hall–Kier alpha value is -2.10. The molecule has 2 N–H and O–H groups in total. The van der Waals surface area contributed by atoms with Gasteiger partial charge >= 0.3 is 0 Å². The van der Waals surface area contributed by atoms with Crippen molar-refractivity contribution in [2.75, 3.05) is 5.73 Å². The number of hydrogen-bond donors (Lipinski definition) is 1. The van der Waals surface area contributed by atoms with Crippen molar-refractivity contribution < 1.29 is 4.74 Å². The predicted molar refractivity (Wildman–Crippen MR) is 62.4 cm³/mol. The van der Waals surface area contributed by atoms with E-state index >= 15 is 0 Å². The topological polar surface area (TPSA) is 61.0 Å². The number of nitrogen functional groups attached to an aromatic ring is 1. The van der Waals surface area contributed by atoms with E-state index in [9.17, 15) is 0 Å². The minimum absolute atomic E-state index is 0.681. The zero-order valence-corrected chi connectivity index (χ0v) is 9.27. The van der Waals surface area contributed by atoms with Crippen molar-refractivity contribution in [2.45, 2.75) is 13.8 Å². The summed E-state index contributed by atoms with van der Waals surface area (Å²) in [4.78, 5) is 0. The first-order valence-electron chi connectivity index (χ1n) is 4.98. The standard InChI is InChI=1S/C12H13N3O/c1-8-5-10(13)3-4-12(8)16-11-6-9(2)15-14-7-11/h3-7H,13H2,1-2H3. The fraction of sp³-hybridized carbons (Fsp3) is 0.167. The molecule has 0 saturated heterocycles. The zero-order chi connectivity index (χ0) is 11.5. The van der Waals surface area contributed by atoms with E-state index in [-0.39, 0.29) is 0 Å². The molecule has 2 rings (SSSR count). The number of nitrogens with two attached hydrogens (primary N) is 1. The molecule has 0 fully saturated rings. The largest absolute Gasteiger partial charge is 0.455 e. The summed E-state index contributed by atoms with van der Waals surface area (Å²) >= 11 is 0. The van der Waals surface area contributed by atoms with Crippen LogP contribution in [0.2, 0.25) is 0 Å². The molecule has 0 unspecified atom stereocenters. The van der Waals surface area contributed by atoms with Crippen LogP contribution in [0.3, 0.4) is 0 Å². The molecular formula is C12H13N3O. The molecule has 2 aromatic rings. The van der Waals surface area contributed by atoms with Crippen LogP contribution >= 0.6 is 0 Å². The molecule has 0 aliphatic heterocycles. The molecule has 82 valence electrons. The number of nitrogens with zero attached hydrogens (tertiary/aromatic N) is 2. The van der Waals surface area contributed by atoms with E-state index in [4.69, 9.17) is 10.5 Å². The average Bonchev–Trinajstić information content (AvgIpc) is 2.22. The summed E-state index contributed by atoms with van der Waals surface area (Å²) in [6.45, 7) is 3.82. The van der Waals surface area contributed by atoms with Gasteiger partial charge in [-0.2, -0.15) is 10.2 Å². The number of rotatable bonds is 2. The van der Waals surface area contributed by atoms with Gasteiger partial charge in [0.05, 0.1) is 11.9 Å². The number of aryl methyl sites for hydroxylation is 2. The number of ether oxygens (including phenoxy) is 1. The van der Waals surface area contributed by atoms with Crippen LogP contribution in [-0.2, 0) is 0 Å². The van der Waals surface area contributed by atoms with E-state index in [0.717, 1.165) is 22.7 Å². The third-order valence-electron chi connectivity index (χ3n) is 2.18. The molecule has 16 heavy (non-hydrogen) atoms. The van der Waals surface area contributed by atoms with Crippen LogP contribution in [0.1, 0.15) is 11.3 Å². The van der Waals surface area contributed by atoms with Crippen molar-refractivity contribution in [3.8, 4) is 11.5 Å². The van der Waals surface area contributed by atoms with Crippen molar-refractivity contribution in [3.05, 3.63) is 41.7 Å². The maximum Gasteiger partial charge on any atom is 0.149 e. The Bertz CT molecular complexity index is 511. The molecule has 0 radical (unpaired) electrons. The highest BCUT2D eigenvalue weighted by molar-refractivity contribution is 5.48. The highest BCUT2D eigenvalue weighted by atomic mass is 16.5. The number of aromatic nitrogens is 2. The van der Waals surface area contributed by atoms with E-state index in [1.165, 1.54) is 0 Å². The van der Waals surface area contributed by atoms with Gasteiger partial charge in [-0.1, -0.05) is 0 Å². The molecule has 1 aromatic carbocycles. The average molecular weight is 215 g/mol. The molecule has 0 aliphatic rings. The molecule has 1 heterocycles. The van der Waals surface area contributed by atoms with Crippen LogP contribution in [0, 0.1) is 13.8 Å². The lowest BCUT2D eigenvalue weighted by atomic mass is 10.2. The van der Waals surface area contributed by atoms with E-state index < -0.39 is 0 Å². The number of anilines is 1. The SMILES string of the molecule is Cc1cc(Oc2ccc(N)cc2C)cnn1. The first kappa shape index (κ1) is 10.4. The van der Waals surface area contributed by atoms with E-state index in [1.807, 2.05) is 38.1 Å². The molecule has 0 amide bonds. The Labute approximate surface area is 94.1 Å². The summed E-state index contributed by atoms with van der Waals surface area (Å²) in [6, 6.07) is 7.36. The van der Waals surface area contributed by atoms with Gasteiger partial charge in [-0.25, -0.2) is 0 Å². The van der Waals surface area contributed by atoms with Crippen molar-refractivity contribution >= 4 is 5.69 Å². The second-order valence-electron chi connectivity index (χ2n) is 3.66. The molecule has 0 bridgehead atoms. The molecule has 0 atom stereocenters. The minimum Gasteiger partial charge on any atom is -0.455 e.